The first-order valence-corrected chi connectivity index (χ1v) is 5.90. The van der Waals surface area contributed by atoms with Crippen LogP contribution in [0.3, 0.4) is 0 Å². The highest BCUT2D eigenvalue weighted by atomic mass is 16.3. The SMILES string of the molecule is N[C@H](Cc1ccc(O)cc1)C(=O)Nc1ccccn1. The molecule has 0 aliphatic rings. The summed E-state index contributed by atoms with van der Waals surface area (Å²) < 4.78 is 0. The molecule has 0 saturated heterocycles. The van der Waals surface area contributed by atoms with E-state index < -0.39 is 6.04 Å². The van der Waals surface area contributed by atoms with Crippen LogP contribution in [-0.4, -0.2) is 22.0 Å². The molecule has 5 heteroatoms. The third-order valence-corrected chi connectivity index (χ3v) is 2.64. The van der Waals surface area contributed by atoms with Gasteiger partial charge in [-0.2, -0.15) is 0 Å². The molecule has 1 heterocycles. The summed E-state index contributed by atoms with van der Waals surface area (Å²) in [5, 5.41) is 11.8. The van der Waals surface area contributed by atoms with Gasteiger partial charge in [0.2, 0.25) is 5.91 Å². The minimum Gasteiger partial charge on any atom is -0.508 e. The highest BCUT2D eigenvalue weighted by Crippen LogP contribution is 2.11. The predicted octanol–water partition coefficient (Wildman–Crippen LogP) is 1.30. The summed E-state index contributed by atoms with van der Waals surface area (Å²) in [4.78, 5) is 15.9. The van der Waals surface area contributed by atoms with Gasteiger partial charge in [-0.1, -0.05) is 18.2 Å². The Labute approximate surface area is 111 Å². The van der Waals surface area contributed by atoms with E-state index in [1.165, 1.54) is 0 Å². The number of hydrogen-bond donors (Lipinski definition) is 3. The van der Waals surface area contributed by atoms with Gasteiger partial charge in [0, 0.05) is 6.20 Å². The van der Waals surface area contributed by atoms with Crippen molar-refractivity contribution in [1.29, 1.82) is 0 Å². The van der Waals surface area contributed by atoms with Gasteiger partial charge >= 0.3 is 0 Å². The molecule has 1 aromatic heterocycles. The van der Waals surface area contributed by atoms with Crippen molar-refractivity contribution in [1.82, 2.24) is 4.98 Å². The molecule has 0 fully saturated rings. The molecule has 19 heavy (non-hydrogen) atoms. The quantitative estimate of drug-likeness (QED) is 0.770. The van der Waals surface area contributed by atoms with Gasteiger partial charge in [0.1, 0.15) is 11.6 Å². The zero-order valence-corrected chi connectivity index (χ0v) is 10.3. The number of carbonyl (C=O) groups excluding carboxylic acids is 1. The van der Waals surface area contributed by atoms with E-state index in [1.54, 1.807) is 48.7 Å². The monoisotopic (exact) mass is 257 g/mol. The van der Waals surface area contributed by atoms with Crippen LogP contribution in [0.15, 0.2) is 48.7 Å². The van der Waals surface area contributed by atoms with Gasteiger partial charge in [0.15, 0.2) is 0 Å². The van der Waals surface area contributed by atoms with E-state index in [4.69, 9.17) is 5.73 Å². The maximum atomic E-state index is 11.9. The number of nitrogens with two attached hydrogens (primary N) is 1. The first-order valence-electron chi connectivity index (χ1n) is 5.90. The lowest BCUT2D eigenvalue weighted by atomic mass is 10.1. The molecule has 2 rings (SSSR count). The zero-order chi connectivity index (χ0) is 13.7. The van der Waals surface area contributed by atoms with Crippen molar-refractivity contribution in [3.05, 3.63) is 54.2 Å². The molecule has 1 amide bonds. The largest absolute Gasteiger partial charge is 0.508 e. The second kappa shape index (κ2) is 5.97. The van der Waals surface area contributed by atoms with E-state index in [-0.39, 0.29) is 11.7 Å². The number of nitrogens with one attached hydrogen (secondary N) is 1. The molecule has 0 unspecified atom stereocenters. The topological polar surface area (TPSA) is 88.2 Å². The van der Waals surface area contributed by atoms with Crippen LogP contribution in [-0.2, 0) is 11.2 Å². The molecule has 1 atom stereocenters. The Hall–Kier alpha value is -2.40. The molecule has 1 aromatic carbocycles. The van der Waals surface area contributed by atoms with Gasteiger partial charge in [-0.25, -0.2) is 4.98 Å². The Morgan fingerprint density at radius 1 is 1.26 bits per heavy atom. The fraction of sp³-hybridized carbons (Fsp3) is 0.143. The summed E-state index contributed by atoms with van der Waals surface area (Å²) in [6.07, 6.45) is 2.00. The summed E-state index contributed by atoms with van der Waals surface area (Å²) in [6.45, 7) is 0. The molecule has 0 aliphatic carbocycles. The number of amides is 1. The van der Waals surface area contributed by atoms with Crippen LogP contribution >= 0.6 is 0 Å². The lowest BCUT2D eigenvalue weighted by molar-refractivity contribution is -0.117. The zero-order valence-electron chi connectivity index (χ0n) is 10.3. The standard InChI is InChI=1S/C14H15N3O2/c15-12(9-10-4-6-11(18)7-5-10)14(19)17-13-3-1-2-8-16-13/h1-8,12,18H,9,15H2,(H,16,17,19)/t12-/m1/s1. The number of aromatic nitrogens is 1. The van der Waals surface area contributed by atoms with Crippen LogP contribution in [0.2, 0.25) is 0 Å². The van der Waals surface area contributed by atoms with Crippen molar-refractivity contribution < 1.29 is 9.90 Å². The Balaban J connectivity index is 1.94. The number of hydrogen-bond acceptors (Lipinski definition) is 4. The smallest absolute Gasteiger partial charge is 0.242 e. The first-order chi connectivity index (χ1) is 9.15. The number of phenols is 1. The molecular formula is C14H15N3O2. The number of nitrogens with zero attached hydrogens (tertiary/aromatic N) is 1. The Kier molecular flexibility index (Phi) is 4.10. The minimum absolute atomic E-state index is 0.190. The van der Waals surface area contributed by atoms with E-state index in [2.05, 4.69) is 10.3 Å². The number of carbonyl (C=O) groups is 1. The molecule has 98 valence electrons. The van der Waals surface area contributed by atoms with Crippen molar-refractivity contribution in [2.75, 3.05) is 5.32 Å². The normalized spacial score (nSPS) is 11.8. The third kappa shape index (κ3) is 3.79. The van der Waals surface area contributed by atoms with Gasteiger partial charge in [-0.3, -0.25) is 4.79 Å². The summed E-state index contributed by atoms with van der Waals surface area (Å²) >= 11 is 0. The fourth-order valence-corrected chi connectivity index (χ4v) is 1.63. The van der Waals surface area contributed by atoms with Crippen LogP contribution in [0.4, 0.5) is 5.82 Å². The molecule has 5 nitrogen and oxygen atoms in total. The predicted molar refractivity (Wildman–Crippen MR) is 72.7 cm³/mol. The van der Waals surface area contributed by atoms with Crippen molar-refractivity contribution >= 4 is 11.7 Å². The highest BCUT2D eigenvalue weighted by Gasteiger charge is 2.14. The van der Waals surface area contributed by atoms with Gasteiger partial charge in [0.25, 0.3) is 0 Å². The Morgan fingerprint density at radius 2 is 2.00 bits per heavy atom. The maximum absolute atomic E-state index is 11.9. The number of phenolic OH excluding ortho intramolecular Hbond substituents is 1. The van der Waals surface area contributed by atoms with E-state index in [1.807, 2.05) is 0 Å². The van der Waals surface area contributed by atoms with Crippen LogP contribution in [0.5, 0.6) is 5.75 Å². The Bertz CT molecular complexity index is 540. The summed E-state index contributed by atoms with van der Waals surface area (Å²) in [5.41, 5.74) is 6.72. The maximum Gasteiger partial charge on any atom is 0.242 e. The van der Waals surface area contributed by atoms with E-state index >= 15 is 0 Å². The molecule has 2 aromatic rings. The number of benzene rings is 1. The molecule has 0 spiro atoms. The van der Waals surface area contributed by atoms with Crippen molar-refractivity contribution in [3.8, 4) is 5.75 Å². The number of pyridine rings is 1. The molecule has 0 bridgehead atoms. The second-order valence-corrected chi connectivity index (χ2v) is 4.18. The molecule has 0 saturated carbocycles. The van der Waals surface area contributed by atoms with Gasteiger partial charge < -0.3 is 16.2 Å². The number of rotatable bonds is 4. The van der Waals surface area contributed by atoms with Crippen LogP contribution in [0, 0.1) is 0 Å². The van der Waals surface area contributed by atoms with Crippen LogP contribution in [0.1, 0.15) is 5.56 Å². The fourth-order valence-electron chi connectivity index (χ4n) is 1.63. The molecule has 4 N–H and O–H groups in total. The van der Waals surface area contributed by atoms with Crippen molar-refractivity contribution in [2.45, 2.75) is 12.5 Å². The van der Waals surface area contributed by atoms with Gasteiger partial charge in [-0.05, 0) is 36.2 Å². The van der Waals surface area contributed by atoms with Crippen LogP contribution in [0.25, 0.3) is 0 Å². The third-order valence-electron chi connectivity index (χ3n) is 2.64. The van der Waals surface area contributed by atoms with Crippen LogP contribution < -0.4 is 11.1 Å². The average Bonchev–Trinajstić information content (AvgIpc) is 2.42. The molecule has 0 radical (unpaired) electrons. The van der Waals surface area contributed by atoms with Crippen molar-refractivity contribution in [2.24, 2.45) is 5.73 Å². The highest BCUT2D eigenvalue weighted by molar-refractivity contribution is 5.94. The number of aromatic hydroxyl groups is 1. The average molecular weight is 257 g/mol. The summed E-state index contributed by atoms with van der Waals surface area (Å²) in [7, 11) is 0. The number of anilines is 1. The van der Waals surface area contributed by atoms with E-state index in [0.717, 1.165) is 5.56 Å². The molecule has 0 aliphatic heterocycles. The Morgan fingerprint density at radius 3 is 2.63 bits per heavy atom. The second-order valence-electron chi connectivity index (χ2n) is 4.18. The van der Waals surface area contributed by atoms with E-state index in [9.17, 15) is 9.90 Å². The van der Waals surface area contributed by atoms with Gasteiger partial charge in [-0.15, -0.1) is 0 Å². The first kappa shape index (κ1) is 13.0. The van der Waals surface area contributed by atoms with Gasteiger partial charge in [0.05, 0.1) is 6.04 Å². The summed E-state index contributed by atoms with van der Waals surface area (Å²) in [6, 6.07) is 11.2. The minimum atomic E-state index is -0.661. The lowest BCUT2D eigenvalue weighted by Crippen LogP contribution is -2.37. The summed E-state index contributed by atoms with van der Waals surface area (Å²) in [5.74, 6) is 0.385. The van der Waals surface area contributed by atoms with Crippen molar-refractivity contribution in [3.63, 3.8) is 0 Å². The van der Waals surface area contributed by atoms with E-state index in [0.29, 0.717) is 12.2 Å². The lowest BCUT2D eigenvalue weighted by Gasteiger charge is -2.11. The molecular weight excluding hydrogens is 242 g/mol.